The SMILES string of the molecule is CC1(C)c2ccccc2-c2ccccc2C1(c1ccccc1)c1ccc(-c2cccc(-c3nc(-c4ccccc4)nc(-c4ccccc4)n3)c2)cc1. The Morgan fingerprint density at radius 3 is 1.35 bits per heavy atom. The van der Waals surface area contributed by atoms with Gasteiger partial charge in [-0.1, -0.05) is 196 Å². The van der Waals surface area contributed by atoms with Crippen LogP contribution in [0.1, 0.15) is 36.1 Å². The third kappa shape index (κ3) is 5.08. The molecule has 9 rings (SSSR count). The van der Waals surface area contributed by atoms with Crippen LogP contribution in [0.25, 0.3) is 56.4 Å². The van der Waals surface area contributed by atoms with Crippen molar-refractivity contribution in [2.45, 2.75) is 24.7 Å². The molecule has 1 aliphatic carbocycles. The number of fused-ring (bicyclic) bond motifs is 3. The number of hydrogen-bond acceptors (Lipinski definition) is 3. The van der Waals surface area contributed by atoms with Crippen LogP contribution < -0.4 is 0 Å². The van der Waals surface area contributed by atoms with Crippen molar-refractivity contribution >= 4 is 0 Å². The van der Waals surface area contributed by atoms with Crippen LogP contribution in [0.5, 0.6) is 0 Å². The highest BCUT2D eigenvalue weighted by Crippen LogP contribution is 2.60. The lowest BCUT2D eigenvalue weighted by molar-refractivity contribution is 0.353. The van der Waals surface area contributed by atoms with Crippen LogP contribution in [-0.2, 0) is 10.8 Å². The summed E-state index contributed by atoms with van der Waals surface area (Å²) in [5.74, 6) is 1.96. The van der Waals surface area contributed by atoms with E-state index in [2.05, 4.69) is 141 Å². The van der Waals surface area contributed by atoms with Gasteiger partial charge in [0.05, 0.1) is 5.41 Å². The highest BCUT2D eigenvalue weighted by molar-refractivity contribution is 5.82. The molecule has 3 nitrogen and oxygen atoms in total. The Morgan fingerprint density at radius 1 is 0.327 bits per heavy atom. The molecule has 0 saturated carbocycles. The number of rotatable bonds is 6. The summed E-state index contributed by atoms with van der Waals surface area (Å²) in [5, 5.41) is 0. The van der Waals surface area contributed by atoms with Crippen LogP contribution in [0.4, 0.5) is 0 Å². The summed E-state index contributed by atoms with van der Waals surface area (Å²) in [6.07, 6.45) is 0. The van der Waals surface area contributed by atoms with E-state index in [0.29, 0.717) is 17.5 Å². The van der Waals surface area contributed by atoms with Gasteiger partial charge in [0.2, 0.25) is 0 Å². The average molecular weight is 668 g/mol. The van der Waals surface area contributed by atoms with Gasteiger partial charge in [-0.15, -0.1) is 0 Å². The van der Waals surface area contributed by atoms with E-state index >= 15 is 0 Å². The minimum absolute atomic E-state index is 0.258. The first-order valence-corrected chi connectivity index (χ1v) is 17.9. The lowest BCUT2D eigenvalue weighted by atomic mass is 9.49. The fourth-order valence-corrected chi connectivity index (χ4v) is 8.42. The molecule has 1 unspecified atom stereocenters. The Morgan fingerprint density at radius 2 is 0.750 bits per heavy atom. The van der Waals surface area contributed by atoms with E-state index in [1.165, 1.54) is 33.4 Å². The van der Waals surface area contributed by atoms with Crippen LogP contribution in [0.15, 0.2) is 188 Å². The maximum absolute atomic E-state index is 4.99. The van der Waals surface area contributed by atoms with Gasteiger partial charge in [-0.2, -0.15) is 0 Å². The molecule has 1 heterocycles. The van der Waals surface area contributed by atoms with Gasteiger partial charge in [0.1, 0.15) is 0 Å². The Bertz CT molecular complexity index is 2470. The zero-order valence-electron chi connectivity index (χ0n) is 29.2. The van der Waals surface area contributed by atoms with Crippen LogP contribution in [0.3, 0.4) is 0 Å². The first kappa shape index (κ1) is 31.5. The Kier molecular flexibility index (Phi) is 7.70. The number of benzene rings is 7. The molecule has 52 heavy (non-hydrogen) atoms. The van der Waals surface area contributed by atoms with Crippen molar-refractivity contribution in [3.63, 3.8) is 0 Å². The average Bonchev–Trinajstić information content (AvgIpc) is 3.22. The Balaban J connectivity index is 1.17. The summed E-state index contributed by atoms with van der Waals surface area (Å²) in [7, 11) is 0. The van der Waals surface area contributed by atoms with Crippen molar-refractivity contribution in [3.8, 4) is 56.4 Å². The van der Waals surface area contributed by atoms with Crippen LogP contribution in [-0.4, -0.2) is 15.0 Å². The second kappa shape index (κ2) is 12.7. The van der Waals surface area contributed by atoms with Gasteiger partial charge in [0.15, 0.2) is 17.5 Å². The molecular weight excluding hydrogens is 631 g/mol. The molecule has 1 aliphatic rings. The third-order valence-corrected chi connectivity index (χ3v) is 10.8. The Labute approximate surface area is 305 Å². The normalized spacial score (nSPS) is 15.7. The Hall–Kier alpha value is -6.45. The molecule has 1 aromatic heterocycles. The van der Waals surface area contributed by atoms with Crippen LogP contribution in [0, 0.1) is 0 Å². The number of hydrogen-bond donors (Lipinski definition) is 0. The second-order valence-electron chi connectivity index (χ2n) is 14.0. The van der Waals surface area contributed by atoms with Gasteiger partial charge in [0, 0.05) is 22.1 Å². The monoisotopic (exact) mass is 667 g/mol. The largest absolute Gasteiger partial charge is 0.208 e. The van der Waals surface area contributed by atoms with E-state index in [0.717, 1.165) is 27.8 Å². The molecule has 0 fully saturated rings. The predicted octanol–water partition coefficient (Wildman–Crippen LogP) is 11.8. The van der Waals surface area contributed by atoms with Crippen molar-refractivity contribution < 1.29 is 0 Å². The van der Waals surface area contributed by atoms with Gasteiger partial charge >= 0.3 is 0 Å². The first-order chi connectivity index (χ1) is 25.5. The predicted molar refractivity (Wildman–Crippen MR) is 213 cm³/mol. The van der Waals surface area contributed by atoms with Crippen molar-refractivity contribution in [1.82, 2.24) is 15.0 Å². The second-order valence-corrected chi connectivity index (χ2v) is 14.0. The lowest BCUT2D eigenvalue weighted by Gasteiger charge is -2.53. The minimum atomic E-state index is -0.424. The third-order valence-electron chi connectivity index (χ3n) is 10.8. The van der Waals surface area contributed by atoms with Crippen molar-refractivity contribution in [2.24, 2.45) is 0 Å². The summed E-state index contributed by atoms with van der Waals surface area (Å²) in [6, 6.07) is 66.9. The van der Waals surface area contributed by atoms with E-state index in [-0.39, 0.29) is 5.41 Å². The molecule has 8 aromatic rings. The summed E-state index contributed by atoms with van der Waals surface area (Å²) < 4.78 is 0. The van der Waals surface area contributed by atoms with Gasteiger partial charge in [-0.3, -0.25) is 0 Å². The molecule has 0 amide bonds. The highest BCUT2D eigenvalue weighted by Gasteiger charge is 2.54. The van der Waals surface area contributed by atoms with Crippen molar-refractivity contribution in [1.29, 1.82) is 0 Å². The summed E-state index contributed by atoms with van der Waals surface area (Å²) in [6.45, 7) is 4.82. The summed E-state index contributed by atoms with van der Waals surface area (Å²) in [4.78, 5) is 14.9. The molecule has 0 spiro atoms. The highest BCUT2D eigenvalue weighted by atomic mass is 15.0. The van der Waals surface area contributed by atoms with Crippen molar-refractivity contribution in [3.05, 3.63) is 210 Å². The van der Waals surface area contributed by atoms with Gasteiger partial charge in [0.25, 0.3) is 0 Å². The molecule has 0 aliphatic heterocycles. The van der Waals surface area contributed by atoms with Crippen LogP contribution in [0.2, 0.25) is 0 Å². The van der Waals surface area contributed by atoms with Crippen LogP contribution >= 0.6 is 0 Å². The zero-order valence-corrected chi connectivity index (χ0v) is 29.2. The van der Waals surface area contributed by atoms with Gasteiger partial charge < -0.3 is 0 Å². The quantitative estimate of drug-likeness (QED) is 0.177. The number of nitrogens with zero attached hydrogens (tertiary/aromatic N) is 3. The van der Waals surface area contributed by atoms with Gasteiger partial charge in [-0.05, 0) is 50.6 Å². The minimum Gasteiger partial charge on any atom is -0.208 e. The lowest BCUT2D eigenvalue weighted by Crippen LogP contribution is -2.49. The van der Waals surface area contributed by atoms with E-state index in [9.17, 15) is 0 Å². The van der Waals surface area contributed by atoms with E-state index in [1.807, 2.05) is 60.7 Å². The summed E-state index contributed by atoms with van der Waals surface area (Å²) in [5.41, 5.74) is 12.3. The van der Waals surface area contributed by atoms with Gasteiger partial charge in [-0.25, -0.2) is 15.0 Å². The molecular formula is C49H37N3. The molecule has 248 valence electrons. The molecule has 0 radical (unpaired) electrons. The topological polar surface area (TPSA) is 38.7 Å². The zero-order chi connectivity index (χ0) is 35.1. The maximum Gasteiger partial charge on any atom is 0.164 e. The van der Waals surface area contributed by atoms with E-state index in [4.69, 9.17) is 15.0 Å². The standard InChI is InChI=1S/C49H37N3/c1-48(2)43-27-14-12-25-41(43)42-26-13-15-28-44(42)49(48,39-23-10-5-11-24-39)40-31-29-34(30-32-40)37-21-16-22-38(33-37)47-51-45(35-17-6-3-7-18-35)50-46(52-47)36-19-8-4-9-20-36/h3-33H,1-2H3. The molecule has 0 N–H and O–H groups in total. The number of aromatic nitrogens is 3. The van der Waals surface area contributed by atoms with E-state index in [1.54, 1.807) is 0 Å². The maximum atomic E-state index is 4.99. The van der Waals surface area contributed by atoms with Crippen molar-refractivity contribution in [2.75, 3.05) is 0 Å². The molecule has 1 atom stereocenters. The smallest absolute Gasteiger partial charge is 0.164 e. The fraction of sp³-hybridized carbons (Fsp3) is 0.0816. The fourth-order valence-electron chi connectivity index (χ4n) is 8.42. The van der Waals surface area contributed by atoms with E-state index < -0.39 is 5.41 Å². The molecule has 3 heteroatoms. The molecule has 0 bridgehead atoms. The molecule has 7 aromatic carbocycles. The molecule has 0 saturated heterocycles. The summed E-state index contributed by atoms with van der Waals surface area (Å²) >= 11 is 0. The first-order valence-electron chi connectivity index (χ1n) is 17.9.